The van der Waals surface area contributed by atoms with Crippen LogP contribution in [0.25, 0.3) is 0 Å². The van der Waals surface area contributed by atoms with E-state index in [1.54, 1.807) is 15.9 Å². The molecule has 0 unspecified atom stereocenters. The van der Waals surface area contributed by atoms with Crippen LogP contribution in [0.5, 0.6) is 0 Å². The van der Waals surface area contributed by atoms with Gasteiger partial charge in [0.15, 0.2) is 0 Å². The van der Waals surface area contributed by atoms with E-state index < -0.39 is 11.7 Å². The van der Waals surface area contributed by atoms with Crippen molar-refractivity contribution < 1.29 is 18.0 Å². The molecule has 0 spiro atoms. The highest BCUT2D eigenvalue weighted by molar-refractivity contribution is 5.79. The van der Waals surface area contributed by atoms with E-state index in [-0.39, 0.29) is 11.6 Å². The highest BCUT2D eigenvalue weighted by Gasteiger charge is 2.35. The minimum atomic E-state index is -4.38. The Hall–Kier alpha value is -2.50. The van der Waals surface area contributed by atoms with Gasteiger partial charge in [-0.2, -0.15) is 13.2 Å². The topological polar surface area (TPSA) is 23.6 Å². The Labute approximate surface area is 151 Å². The maximum atomic E-state index is 13.2. The first kappa shape index (κ1) is 18.3. The Kier molecular flexibility index (Phi) is 5.20. The molecule has 0 aromatic heterocycles. The van der Waals surface area contributed by atoms with Gasteiger partial charge >= 0.3 is 6.18 Å². The molecule has 2 aromatic rings. The predicted molar refractivity (Wildman–Crippen MR) is 95.1 cm³/mol. The second-order valence-electron chi connectivity index (χ2n) is 6.49. The minimum absolute atomic E-state index is 0.0167. The number of nitrogens with zero attached hydrogens (tertiary/aromatic N) is 2. The van der Waals surface area contributed by atoms with Crippen LogP contribution in [0.1, 0.15) is 16.7 Å². The van der Waals surface area contributed by atoms with Crippen LogP contribution in [0, 0.1) is 6.92 Å². The van der Waals surface area contributed by atoms with Crippen molar-refractivity contribution in [1.82, 2.24) is 4.90 Å². The molecule has 1 aliphatic rings. The smallest absolute Gasteiger partial charge is 0.367 e. The predicted octanol–water partition coefficient (Wildman–Crippen LogP) is 3.91. The van der Waals surface area contributed by atoms with Gasteiger partial charge < -0.3 is 9.80 Å². The molecule has 138 valence electrons. The lowest BCUT2D eigenvalue weighted by Gasteiger charge is -2.37. The maximum Gasteiger partial charge on any atom is 0.418 e. The van der Waals surface area contributed by atoms with Crippen molar-refractivity contribution in [3.05, 3.63) is 65.2 Å². The third-order valence-corrected chi connectivity index (χ3v) is 4.79. The fraction of sp³-hybridized carbons (Fsp3) is 0.350. The summed E-state index contributed by atoms with van der Waals surface area (Å²) in [6.07, 6.45) is -4.06. The van der Waals surface area contributed by atoms with E-state index >= 15 is 0 Å². The molecule has 0 bridgehead atoms. The van der Waals surface area contributed by atoms with Crippen molar-refractivity contribution in [2.75, 3.05) is 31.1 Å². The second kappa shape index (κ2) is 7.40. The van der Waals surface area contributed by atoms with E-state index in [9.17, 15) is 18.0 Å². The Morgan fingerprint density at radius 1 is 0.962 bits per heavy atom. The summed E-state index contributed by atoms with van der Waals surface area (Å²) >= 11 is 0. The Morgan fingerprint density at radius 3 is 2.23 bits per heavy atom. The molecule has 1 saturated heterocycles. The molecule has 0 radical (unpaired) electrons. The van der Waals surface area contributed by atoms with Gasteiger partial charge in [-0.3, -0.25) is 4.79 Å². The SMILES string of the molecule is Cc1ccccc1CC(=O)N1CCN(c2ccccc2C(F)(F)F)CC1. The number of piperazine rings is 1. The average molecular weight is 362 g/mol. The summed E-state index contributed by atoms with van der Waals surface area (Å²) in [5.74, 6) is 0.0167. The molecular weight excluding hydrogens is 341 g/mol. The fourth-order valence-corrected chi connectivity index (χ4v) is 3.27. The van der Waals surface area contributed by atoms with Crippen LogP contribution in [-0.4, -0.2) is 37.0 Å². The van der Waals surface area contributed by atoms with Crippen LogP contribution in [0.15, 0.2) is 48.5 Å². The highest BCUT2D eigenvalue weighted by atomic mass is 19.4. The largest absolute Gasteiger partial charge is 0.418 e. The van der Waals surface area contributed by atoms with E-state index in [0.717, 1.165) is 17.2 Å². The van der Waals surface area contributed by atoms with Crippen molar-refractivity contribution in [2.45, 2.75) is 19.5 Å². The van der Waals surface area contributed by atoms with Crippen molar-refractivity contribution >= 4 is 11.6 Å². The second-order valence-corrected chi connectivity index (χ2v) is 6.49. The number of para-hydroxylation sites is 1. The summed E-state index contributed by atoms with van der Waals surface area (Å²) in [6, 6.07) is 13.3. The lowest BCUT2D eigenvalue weighted by molar-refractivity contribution is -0.137. The van der Waals surface area contributed by atoms with Crippen LogP contribution in [-0.2, 0) is 17.4 Å². The summed E-state index contributed by atoms with van der Waals surface area (Å²) in [5, 5.41) is 0. The molecule has 1 fully saturated rings. The zero-order valence-electron chi connectivity index (χ0n) is 14.6. The molecule has 1 aliphatic heterocycles. The van der Waals surface area contributed by atoms with Gasteiger partial charge in [0.2, 0.25) is 5.91 Å². The van der Waals surface area contributed by atoms with Crippen molar-refractivity contribution in [1.29, 1.82) is 0 Å². The molecule has 0 N–H and O–H groups in total. The summed E-state index contributed by atoms with van der Waals surface area (Å²) in [7, 11) is 0. The van der Waals surface area contributed by atoms with Crippen LogP contribution in [0.3, 0.4) is 0 Å². The van der Waals surface area contributed by atoms with Gasteiger partial charge in [0.25, 0.3) is 0 Å². The van der Waals surface area contributed by atoms with E-state index in [1.165, 1.54) is 12.1 Å². The first-order chi connectivity index (χ1) is 12.4. The minimum Gasteiger partial charge on any atom is -0.367 e. The Balaban J connectivity index is 1.65. The molecule has 3 nitrogen and oxygen atoms in total. The molecule has 0 aliphatic carbocycles. The third kappa shape index (κ3) is 4.00. The monoisotopic (exact) mass is 362 g/mol. The van der Waals surface area contributed by atoms with E-state index in [0.29, 0.717) is 32.6 Å². The number of aryl methyl sites for hydroxylation is 1. The molecule has 26 heavy (non-hydrogen) atoms. The number of benzene rings is 2. The molecule has 1 heterocycles. The van der Waals surface area contributed by atoms with Crippen molar-refractivity contribution in [3.8, 4) is 0 Å². The number of amides is 1. The number of alkyl halides is 3. The summed E-state index contributed by atoms with van der Waals surface area (Å²) in [5.41, 5.74) is 1.62. The third-order valence-electron chi connectivity index (χ3n) is 4.79. The van der Waals surface area contributed by atoms with Gasteiger partial charge in [-0.05, 0) is 30.2 Å². The van der Waals surface area contributed by atoms with Gasteiger partial charge in [0.1, 0.15) is 0 Å². The Morgan fingerprint density at radius 2 is 1.58 bits per heavy atom. The zero-order chi connectivity index (χ0) is 18.7. The number of rotatable bonds is 3. The number of carbonyl (C=O) groups excluding carboxylic acids is 1. The molecule has 1 amide bonds. The lowest BCUT2D eigenvalue weighted by Crippen LogP contribution is -2.49. The zero-order valence-corrected chi connectivity index (χ0v) is 14.6. The van der Waals surface area contributed by atoms with Gasteiger partial charge in [-0.15, -0.1) is 0 Å². The van der Waals surface area contributed by atoms with E-state index in [2.05, 4.69) is 0 Å². The van der Waals surface area contributed by atoms with Gasteiger partial charge in [-0.1, -0.05) is 36.4 Å². The number of carbonyl (C=O) groups is 1. The molecule has 6 heteroatoms. The van der Waals surface area contributed by atoms with Crippen molar-refractivity contribution in [3.63, 3.8) is 0 Å². The van der Waals surface area contributed by atoms with Crippen LogP contribution in [0.2, 0.25) is 0 Å². The van der Waals surface area contributed by atoms with E-state index in [1.807, 2.05) is 31.2 Å². The van der Waals surface area contributed by atoms with E-state index in [4.69, 9.17) is 0 Å². The highest BCUT2D eigenvalue weighted by Crippen LogP contribution is 2.36. The maximum absolute atomic E-state index is 13.2. The first-order valence-electron chi connectivity index (χ1n) is 8.60. The molecule has 0 atom stereocenters. The van der Waals surface area contributed by atoms with Gasteiger partial charge in [0, 0.05) is 31.9 Å². The summed E-state index contributed by atoms with van der Waals surface area (Å²) in [4.78, 5) is 16.0. The lowest BCUT2D eigenvalue weighted by atomic mass is 10.0. The van der Waals surface area contributed by atoms with Crippen LogP contribution < -0.4 is 4.90 Å². The van der Waals surface area contributed by atoms with Gasteiger partial charge in [-0.25, -0.2) is 0 Å². The van der Waals surface area contributed by atoms with Gasteiger partial charge in [0.05, 0.1) is 12.0 Å². The van der Waals surface area contributed by atoms with Crippen LogP contribution in [0.4, 0.5) is 18.9 Å². The number of anilines is 1. The summed E-state index contributed by atoms with van der Waals surface area (Å²) < 4.78 is 39.6. The molecular formula is C20H21F3N2O. The summed E-state index contributed by atoms with van der Waals surface area (Å²) in [6.45, 7) is 3.61. The molecule has 3 rings (SSSR count). The Bertz CT molecular complexity index is 781. The average Bonchev–Trinajstić information content (AvgIpc) is 2.63. The number of hydrogen-bond donors (Lipinski definition) is 0. The normalized spacial score (nSPS) is 15.2. The standard InChI is InChI=1S/C20H21F3N2O/c1-15-6-2-3-7-16(15)14-19(26)25-12-10-24(11-13-25)18-9-5-4-8-17(18)20(21,22)23/h2-9H,10-14H2,1H3. The quantitative estimate of drug-likeness (QED) is 0.827. The molecule has 0 saturated carbocycles. The van der Waals surface area contributed by atoms with Crippen molar-refractivity contribution in [2.24, 2.45) is 0 Å². The fourth-order valence-electron chi connectivity index (χ4n) is 3.27. The number of hydrogen-bond acceptors (Lipinski definition) is 2. The number of halogens is 3. The first-order valence-corrected chi connectivity index (χ1v) is 8.60. The van der Waals surface area contributed by atoms with Crippen LogP contribution >= 0.6 is 0 Å². The molecule has 2 aromatic carbocycles.